The van der Waals surface area contributed by atoms with Crippen molar-refractivity contribution in [1.82, 2.24) is 4.90 Å². The molecule has 2 nitrogen and oxygen atoms in total. The van der Waals surface area contributed by atoms with Gasteiger partial charge < -0.3 is 4.90 Å². The molecule has 5 rings (SSSR count). The summed E-state index contributed by atoms with van der Waals surface area (Å²) in [7, 11) is 2.23. The first-order valence-corrected chi connectivity index (χ1v) is 10.4. The van der Waals surface area contributed by atoms with Crippen molar-refractivity contribution in [3.05, 3.63) is 71.3 Å². The lowest BCUT2D eigenvalue weighted by molar-refractivity contribution is -0.125. The summed E-state index contributed by atoms with van der Waals surface area (Å²) in [4.78, 5) is 15.7. The highest BCUT2D eigenvalue weighted by Crippen LogP contribution is 2.53. The van der Waals surface area contributed by atoms with E-state index in [0.29, 0.717) is 30.1 Å². The Hall–Kier alpha value is -1.93. The lowest BCUT2D eigenvalue weighted by Crippen LogP contribution is -2.45. The van der Waals surface area contributed by atoms with Gasteiger partial charge in [0.2, 0.25) is 0 Å². The Bertz CT molecular complexity index is 782. The summed E-state index contributed by atoms with van der Waals surface area (Å²) in [5, 5.41) is 0. The maximum Gasteiger partial charge on any atom is 0.137 e. The van der Waals surface area contributed by atoms with Crippen molar-refractivity contribution >= 4 is 5.78 Å². The minimum Gasteiger partial charge on any atom is -0.302 e. The van der Waals surface area contributed by atoms with Crippen LogP contribution in [-0.2, 0) is 4.79 Å². The Kier molecular flexibility index (Phi) is 5.19. The summed E-state index contributed by atoms with van der Waals surface area (Å²) in [6.45, 7) is 5.27. The molecular weight excluding hydrogens is 330 g/mol. The molecule has 5 unspecified atom stereocenters. The summed E-state index contributed by atoms with van der Waals surface area (Å²) in [6, 6.07) is 20.3. The number of hydrogen-bond acceptors (Lipinski definition) is 2. The van der Waals surface area contributed by atoms with Gasteiger partial charge in [0.25, 0.3) is 0 Å². The molecule has 1 aliphatic carbocycles. The number of piperidine rings is 1. The predicted molar refractivity (Wildman–Crippen MR) is 111 cm³/mol. The SMILES string of the molecule is CCC(=O)C1C(c2ccc(C)cc2)C(c2ccccc2)C2CCC1N(C)C2. The van der Waals surface area contributed by atoms with Crippen molar-refractivity contribution in [2.24, 2.45) is 11.8 Å². The van der Waals surface area contributed by atoms with Gasteiger partial charge in [0.15, 0.2) is 0 Å². The summed E-state index contributed by atoms with van der Waals surface area (Å²) in [5.74, 6) is 1.79. The molecule has 2 bridgehead atoms. The minimum absolute atomic E-state index is 0.0837. The summed E-state index contributed by atoms with van der Waals surface area (Å²) in [5.41, 5.74) is 4.02. The third-order valence-corrected chi connectivity index (χ3v) is 6.99. The van der Waals surface area contributed by atoms with Crippen LogP contribution in [-0.4, -0.2) is 30.3 Å². The maximum atomic E-state index is 13.3. The van der Waals surface area contributed by atoms with Gasteiger partial charge in [-0.1, -0.05) is 67.1 Å². The number of carbonyl (C=O) groups excluding carboxylic acids is 1. The lowest BCUT2D eigenvalue weighted by Gasteiger charge is -2.37. The fourth-order valence-corrected chi connectivity index (χ4v) is 5.71. The number of benzene rings is 2. The molecule has 3 fully saturated rings. The molecule has 2 saturated heterocycles. The number of rotatable bonds is 4. The van der Waals surface area contributed by atoms with Gasteiger partial charge in [-0.2, -0.15) is 0 Å². The van der Waals surface area contributed by atoms with Gasteiger partial charge in [-0.25, -0.2) is 0 Å². The van der Waals surface area contributed by atoms with E-state index in [9.17, 15) is 4.79 Å². The van der Waals surface area contributed by atoms with E-state index in [2.05, 4.69) is 73.5 Å². The number of nitrogens with zero attached hydrogens (tertiary/aromatic N) is 1. The van der Waals surface area contributed by atoms with Gasteiger partial charge in [-0.05, 0) is 49.8 Å². The highest BCUT2D eigenvalue weighted by Gasteiger charge is 2.50. The van der Waals surface area contributed by atoms with Gasteiger partial charge >= 0.3 is 0 Å². The van der Waals surface area contributed by atoms with Crippen LogP contribution in [0.4, 0.5) is 0 Å². The van der Waals surface area contributed by atoms with Crippen LogP contribution in [0.3, 0.4) is 0 Å². The van der Waals surface area contributed by atoms with Gasteiger partial charge in [0.05, 0.1) is 0 Å². The lowest BCUT2D eigenvalue weighted by atomic mass is 9.68. The molecule has 0 aromatic heterocycles. The molecule has 3 aliphatic rings. The van der Waals surface area contributed by atoms with Gasteiger partial charge in [0.1, 0.15) is 5.78 Å². The second kappa shape index (κ2) is 7.59. The summed E-state index contributed by atoms with van der Waals surface area (Å²) < 4.78 is 0. The van der Waals surface area contributed by atoms with Crippen LogP contribution in [0.1, 0.15) is 54.7 Å². The second-order valence-corrected chi connectivity index (χ2v) is 8.56. The van der Waals surface area contributed by atoms with Gasteiger partial charge in [-0.15, -0.1) is 0 Å². The summed E-state index contributed by atoms with van der Waals surface area (Å²) in [6.07, 6.45) is 3.00. The molecule has 0 N–H and O–H groups in total. The highest BCUT2D eigenvalue weighted by molar-refractivity contribution is 5.83. The molecule has 2 aliphatic heterocycles. The zero-order chi connectivity index (χ0) is 19.0. The number of Topliss-reactive ketones (excluding diaryl/α,β-unsaturated/α-hetero) is 1. The fraction of sp³-hybridized carbons (Fsp3) is 0.480. The number of carbonyl (C=O) groups is 1. The van der Waals surface area contributed by atoms with Gasteiger partial charge in [0, 0.05) is 30.8 Å². The van der Waals surface area contributed by atoms with Crippen molar-refractivity contribution in [1.29, 1.82) is 0 Å². The third-order valence-electron chi connectivity index (χ3n) is 6.99. The minimum atomic E-state index is 0.0837. The molecule has 2 heteroatoms. The Morgan fingerprint density at radius 2 is 1.63 bits per heavy atom. The number of hydrogen-bond donors (Lipinski definition) is 0. The average Bonchev–Trinajstić information content (AvgIpc) is 2.93. The molecule has 5 atom stereocenters. The zero-order valence-corrected chi connectivity index (χ0v) is 16.8. The third kappa shape index (κ3) is 3.36. The molecule has 0 spiro atoms. The van der Waals surface area contributed by atoms with E-state index in [1.54, 1.807) is 0 Å². The summed E-state index contributed by atoms with van der Waals surface area (Å²) >= 11 is 0. The van der Waals surface area contributed by atoms with E-state index >= 15 is 0 Å². The highest BCUT2D eigenvalue weighted by atomic mass is 16.1. The largest absolute Gasteiger partial charge is 0.302 e. The van der Waals surface area contributed by atoms with Crippen molar-refractivity contribution in [2.75, 3.05) is 13.6 Å². The first-order chi connectivity index (χ1) is 13.1. The predicted octanol–water partition coefficient (Wildman–Crippen LogP) is 5.18. The standard InChI is InChI=1S/C25H31NO/c1-4-22(27)25-21-15-14-20(16-26(21)3)23(18-8-6-5-7-9-18)24(25)19-12-10-17(2)11-13-19/h5-13,20-21,23-25H,4,14-16H2,1-3H3. The van der Waals surface area contributed by atoms with Crippen LogP contribution in [0.15, 0.2) is 54.6 Å². The monoisotopic (exact) mass is 361 g/mol. The quantitative estimate of drug-likeness (QED) is 0.748. The van der Waals surface area contributed by atoms with Crippen LogP contribution >= 0.6 is 0 Å². The van der Waals surface area contributed by atoms with E-state index in [-0.39, 0.29) is 11.8 Å². The van der Waals surface area contributed by atoms with E-state index in [1.807, 2.05) is 6.92 Å². The normalized spacial score (nSPS) is 30.9. The van der Waals surface area contributed by atoms with Crippen molar-refractivity contribution in [2.45, 2.75) is 51.0 Å². The zero-order valence-electron chi connectivity index (χ0n) is 16.8. The Morgan fingerprint density at radius 1 is 0.963 bits per heavy atom. The fourth-order valence-electron chi connectivity index (χ4n) is 5.71. The molecule has 0 amide bonds. The number of fused-ring (bicyclic) bond motifs is 4. The molecule has 1 saturated carbocycles. The van der Waals surface area contributed by atoms with Crippen LogP contribution in [0.5, 0.6) is 0 Å². The van der Waals surface area contributed by atoms with E-state index < -0.39 is 0 Å². The van der Waals surface area contributed by atoms with Crippen molar-refractivity contribution in [3.8, 4) is 0 Å². The van der Waals surface area contributed by atoms with E-state index in [4.69, 9.17) is 0 Å². The van der Waals surface area contributed by atoms with Crippen LogP contribution < -0.4 is 0 Å². The van der Waals surface area contributed by atoms with Gasteiger partial charge in [-0.3, -0.25) is 4.79 Å². The Labute approximate surface area is 163 Å². The molecule has 0 radical (unpaired) electrons. The van der Waals surface area contributed by atoms with Crippen LogP contribution in [0.2, 0.25) is 0 Å². The molecule has 2 aromatic carbocycles. The smallest absolute Gasteiger partial charge is 0.137 e. The number of ketones is 1. The Balaban J connectivity index is 1.90. The molecular formula is C25H31NO. The molecule has 2 aromatic rings. The first-order valence-electron chi connectivity index (χ1n) is 10.4. The van der Waals surface area contributed by atoms with Crippen molar-refractivity contribution < 1.29 is 4.79 Å². The Morgan fingerprint density at radius 3 is 2.26 bits per heavy atom. The molecule has 27 heavy (non-hydrogen) atoms. The average molecular weight is 362 g/mol. The topological polar surface area (TPSA) is 20.3 Å². The molecule has 142 valence electrons. The van der Waals surface area contributed by atoms with E-state index in [1.165, 1.54) is 23.1 Å². The van der Waals surface area contributed by atoms with Crippen LogP contribution in [0, 0.1) is 18.8 Å². The maximum absolute atomic E-state index is 13.3. The first kappa shape index (κ1) is 18.4. The molecule has 2 heterocycles. The van der Waals surface area contributed by atoms with Crippen LogP contribution in [0.25, 0.3) is 0 Å². The number of aryl methyl sites for hydroxylation is 1. The van der Waals surface area contributed by atoms with E-state index in [0.717, 1.165) is 13.0 Å². The van der Waals surface area contributed by atoms with Crippen molar-refractivity contribution in [3.63, 3.8) is 0 Å². The second-order valence-electron chi connectivity index (χ2n) is 8.56.